The van der Waals surface area contributed by atoms with Crippen LogP contribution in [0.25, 0.3) is 44.8 Å². The van der Waals surface area contributed by atoms with Crippen molar-refractivity contribution < 1.29 is 0 Å². The molecule has 0 atom stereocenters. The zero-order valence-corrected chi connectivity index (χ0v) is 16.0. The van der Waals surface area contributed by atoms with E-state index in [2.05, 4.69) is 90.5 Å². The van der Waals surface area contributed by atoms with Gasteiger partial charge >= 0.3 is 0 Å². The minimum Gasteiger partial charge on any atom is -0.360 e. The Morgan fingerprint density at radius 2 is 1.46 bits per heavy atom. The molecule has 5 rings (SSSR count). The third kappa shape index (κ3) is 2.81. The molecule has 2 aromatic heterocycles. The molecule has 0 unspecified atom stereocenters. The lowest BCUT2D eigenvalue weighted by Crippen LogP contribution is -1.85. The number of benzene rings is 3. The Hall–Kier alpha value is -3.59. The molecule has 5 aromatic rings. The summed E-state index contributed by atoms with van der Waals surface area (Å²) < 4.78 is 0. The first kappa shape index (κ1) is 16.6. The third-order valence-corrected chi connectivity index (χ3v) is 5.15. The summed E-state index contributed by atoms with van der Waals surface area (Å²) in [6.07, 6.45) is 2.03. The van der Waals surface area contributed by atoms with E-state index in [-0.39, 0.29) is 0 Å². The van der Waals surface area contributed by atoms with E-state index < -0.39 is 0 Å². The molecule has 0 saturated carbocycles. The number of H-pyrrole nitrogens is 2. The summed E-state index contributed by atoms with van der Waals surface area (Å²) in [4.78, 5) is 12.0. The number of hydrogen-bond donors (Lipinski definition) is 2. The molecule has 0 bridgehead atoms. The summed E-state index contributed by atoms with van der Waals surface area (Å²) in [5, 5.41) is 1.17. The molecule has 28 heavy (non-hydrogen) atoms. The van der Waals surface area contributed by atoms with Gasteiger partial charge in [0, 0.05) is 33.8 Å². The standard InChI is InChI=1S/C25H21N3/c1-16-7-5-9-18(13-16)23-24(19-10-6-8-17(2)14-19)28-25(27-23)21-15-26-22-12-4-3-11-20(21)22/h3-15,26H,1-2H3,(H,27,28). The van der Waals surface area contributed by atoms with E-state index in [1.807, 2.05) is 12.3 Å². The second kappa shape index (κ2) is 6.54. The summed E-state index contributed by atoms with van der Waals surface area (Å²) >= 11 is 0. The molecule has 0 amide bonds. The lowest BCUT2D eigenvalue weighted by atomic mass is 10.0. The van der Waals surface area contributed by atoms with Gasteiger partial charge in [-0.05, 0) is 32.0 Å². The molecule has 3 aromatic carbocycles. The van der Waals surface area contributed by atoms with E-state index in [0.717, 1.165) is 39.4 Å². The van der Waals surface area contributed by atoms with Crippen LogP contribution in [0.1, 0.15) is 11.1 Å². The van der Waals surface area contributed by atoms with Crippen LogP contribution in [0.5, 0.6) is 0 Å². The maximum atomic E-state index is 5.04. The van der Waals surface area contributed by atoms with Crippen molar-refractivity contribution >= 4 is 10.9 Å². The summed E-state index contributed by atoms with van der Waals surface area (Å²) in [6, 6.07) is 25.4. The second-order valence-electron chi connectivity index (χ2n) is 7.30. The van der Waals surface area contributed by atoms with Crippen molar-refractivity contribution in [2.75, 3.05) is 0 Å². The number of aryl methyl sites for hydroxylation is 2. The maximum absolute atomic E-state index is 5.04. The minimum absolute atomic E-state index is 0.880. The number of aromatic amines is 2. The number of imidazole rings is 1. The van der Waals surface area contributed by atoms with Crippen LogP contribution in [0.3, 0.4) is 0 Å². The molecule has 2 N–H and O–H groups in total. The Labute approximate surface area is 164 Å². The van der Waals surface area contributed by atoms with E-state index in [1.54, 1.807) is 0 Å². The highest BCUT2D eigenvalue weighted by Gasteiger charge is 2.17. The van der Waals surface area contributed by atoms with Crippen LogP contribution in [-0.4, -0.2) is 15.0 Å². The summed E-state index contributed by atoms with van der Waals surface area (Å²) in [5.74, 6) is 0.880. The van der Waals surface area contributed by atoms with Crippen molar-refractivity contribution in [2.45, 2.75) is 13.8 Å². The van der Waals surface area contributed by atoms with Crippen LogP contribution in [0, 0.1) is 13.8 Å². The van der Waals surface area contributed by atoms with Crippen LogP contribution in [0.4, 0.5) is 0 Å². The maximum Gasteiger partial charge on any atom is 0.140 e. The van der Waals surface area contributed by atoms with E-state index >= 15 is 0 Å². The minimum atomic E-state index is 0.880. The number of aromatic nitrogens is 3. The molecule has 2 heterocycles. The molecular formula is C25H21N3. The van der Waals surface area contributed by atoms with Gasteiger partial charge in [-0.25, -0.2) is 4.98 Å². The largest absolute Gasteiger partial charge is 0.360 e. The van der Waals surface area contributed by atoms with Crippen molar-refractivity contribution in [3.05, 3.63) is 90.1 Å². The van der Waals surface area contributed by atoms with E-state index in [0.29, 0.717) is 0 Å². The molecule has 0 radical (unpaired) electrons. The zero-order chi connectivity index (χ0) is 19.1. The Bertz CT molecular complexity index is 1230. The first-order valence-corrected chi connectivity index (χ1v) is 9.49. The topological polar surface area (TPSA) is 44.5 Å². The number of para-hydroxylation sites is 1. The number of nitrogens with one attached hydrogen (secondary N) is 2. The molecule has 3 nitrogen and oxygen atoms in total. The summed E-state index contributed by atoms with van der Waals surface area (Å²) in [6.45, 7) is 4.23. The Kier molecular flexibility index (Phi) is 3.87. The quantitative estimate of drug-likeness (QED) is 0.377. The normalized spacial score (nSPS) is 11.2. The zero-order valence-electron chi connectivity index (χ0n) is 16.0. The Morgan fingerprint density at radius 1 is 0.750 bits per heavy atom. The molecule has 0 fully saturated rings. The molecule has 0 saturated heterocycles. The third-order valence-electron chi connectivity index (χ3n) is 5.15. The SMILES string of the molecule is Cc1cccc(-c2nc(-c3c[nH]c4ccccc34)[nH]c2-c2cccc(C)c2)c1. The predicted octanol–water partition coefficient (Wildman–Crippen LogP) is 6.51. The highest BCUT2D eigenvalue weighted by Crippen LogP contribution is 2.35. The van der Waals surface area contributed by atoms with E-state index in [4.69, 9.17) is 4.98 Å². The van der Waals surface area contributed by atoms with E-state index in [1.165, 1.54) is 16.5 Å². The second-order valence-corrected chi connectivity index (χ2v) is 7.30. The highest BCUT2D eigenvalue weighted by atomic mass is 14.9. The van der Waals surface area contributed by atoms with Gasteiger partial charge < -0.3 is 9.97 Å². The van der Waals surface area contributed by atoms with Crippen molar-refractivity contribution in [3.8, 4) is 33.9 Å². The number of rotatable bonds is 3. The van der Waals surface area contributed by atoms with Gasteiger partial charge in [0.1, 0.15) is 5.82 Å². The molecule has 0 aliphatic heterocycles. The van der Waals surface area contributed by atoms with Crippen molar-refractivity contribution in [1.82, 2.24) is 15.0 Å². The van der Waals surface area contributed by atoms with Gasteiger partial charge in [-0.1, -0.05) is 65.7 Å². The van der Waals surface area contributed by atoms with Crippen molar-refractivity contribution in [1.29, 1.82) is 0 Å². The molecular weight excluding hydrogens is 342 g/mol. The van der Waals surface area contributed by atoms with Crippen molar-refractivity contribution in [2.24, 2.45) is 0 Å². The molecule has 136 valence electrons. The van der Waals surface area contributed by atoms with Crippen LogP contribution in [0.15, 0.2) is 79.0 Å². The average molecular weight is 363 g/mol. The van der Waals surface area contributed by atoms with Gasteiger partial charge in [-0.15, -0.1) is 0 Å². The van der Waals surface area contributed by atoms with Gasteiger partial charge in [0.05, 0.1) is 11.4 Å². The van der Waals surface area contributed by atoms with Crippen LogP contribution < -0.4 is 0 Å². The first-order chi connectivity index (χ1) is 13.7. The van der Waals surface area contributed by atoms with Gasteiger partial charge in [0.15, 0.2) is 0 Å². The number of hydrogen-bond acceptors (Lipinski definition) is 1. The van der Waals surface area contributed by atoms with Gasteiger partial charge in [-0.2, -0.15) is 0 Å². The fourth-order valence-corrected chi connectivity index (χ4v) is 3.78. The predicted molar refractivity (Wildman–Crippen MR) is 116 cm³/mol. The van der Waals surface area contributed by atoms with E-state index in [9.17, 15) is 0 Å². The average Bonchev–Trinajstić information content (AvgIpc) is 3.32. The summed E-state index contributed by atoms with van der Waals surface area (Å²) in [5.41, 5.74) is 8.96. The molecule has 0 aliphatic rings. The highest BCUT2D eigenvalue weighted by molar-refractivity contribution is 5.95. The summed E-state index contributed by atoms with van der Waals surface area (Å²) in [7, 11) is 0. The van der Waals surface area contributed by atoms with Gasteiger partial charge in [0.25, 0.3) is 0 Å². The lowest BCUT2D eigenvalue weighted by molar-refractivity contribution is 1.31. The lowest BCUT2D eigenvalue weighted by Gasteiger charge is -2.05. The Morgan fingerprint density at radius 3 is 2.25 bits per heavy atom. The fraction of sp³-hybridized carbons (Fsp3) is 0.0800. The smallest absolute Gasteiger partial charge is 0.140 e. The van der Waals surface area contributed by atoms with Crippen LogP contribution in [-0.2, 0) is 0 Å². The van der Waals surface area contributed by atoms with Gasteiger partial charge in [0.2, 0.25) is 0 Å². The fourth-order valence-electron chi connectivity index (χ4n) is 3.78. The van der Waals surface area contributed by atoms with Gasteiger partial charge in [-0.3, -0.25) is 0 Å². The van der Waals surface area contributed by atoms with Crippen molar-refractivity contribution in [3.63, 3.8) is 0 Å². The molecule has 3 heteroatoms. The Balaban J connectivity index is 1.75. The molecule has 0 spiro atoms. The number of fused-ring (bicyclic) bond motifs is 1. The first-order valence-electron chi connectivity index (χ1n) is 9.49. The number of nitrogens with zero attached hydrogens (tertiary/aromatic N) is 1. The monoisotopic (exact) mass is 363 g/mol. The van der Waals surface area contributed by atoms with Crippen LogP contribution >= 0.6 is 0 Å². The molecule has 0 aliphatic carbocycles. The van der Waals surface area contributed by atoms with Crippen LogP contribution in [0.2, 0.25) is 0 Å².